The molecule has 4 nitrogen and oxygen atoms in total. The molecule has 0 radical (unpaired) electrons. The zero-order valence-corrected chi connectivity index (χ0v) is 12.1. The molecule has 2 atom stereocenters. The summed E-state index contributed by atoms with van der Waals surface area (Å²) in [4.78, 5) is 0. The number of aliphatic hydroxyl groups is 1. The third-order valence-corrected chi connectivity index (χ3v) is 5.88. The molecule has 5 heteroatoms. The maximum atomic E-state index is 11.8. The van der Waals surface area contributed by atoms with Crippen LogP contribution in [0, 0.1) is 5.41 Å². The van der Waals surface area contributed by atoms with E-state index in [0.717, 1.165) is 11.1 Å². The van der Waals surface area contributed by atoms with Crippen molar-refractivity contribution in [2.45, 2.75) is 25.0 Å². The average Bonchev–Trinajstić information content (AvgIpc) is 2.47. The predicted molar refractivity (Wildman–Crippen MR) is 76.8 cm³/mol. The first kappa shape index (κ1) is 13.4. The third kappa shape index (κ3) is 1.53. The van der Waals surface area contributed by atoms with E-state index in [2.05, 4.69) is 0 Å². The van der Waals surface area contributed by atoms with Crippen LogP contribution in [0.1, 0.15) is 20.3 Å². The van der Waals surface area contributed by atoms with Gasteiger partial charge in [0.25, 0.3) is 10.1 Å². The molecule has 0 aromatic heterocycles. The van der Waals surface area contributed by atoms with Crippen molar-refractivity contribution in [2.75, 3.05) is 0 Å². The molecule has 0 saturated heterocycles. The summed E-state index contributed by atoms with van der Waals surface area (Å²) in [6.07, 6.45) is 10.2. The molecule has 0 fully saturated rings. The summed E-state index contributed by atoms with van der Waals surface area (Å²) in [6.45, 7) is 3.70. The average molecular weight is 292 g/mol. The Morgan fingerprint density at radius 1 is 1.30 bits per heavy atom. The molecule has 0 heterocycles. The lowest BCUT2D eigenvalue weighted by atomic mass is 9.75. The molecule has 2 N–H and O–H groups in total. The molecule has 2 unspecified atom stereocenters. The van der Waals surface area contributed by atoms with E-state index in [1.807, 2.05) is 19.9 Å². The van der Waals surface area contributed by atoms with Crippen LogP contribution in [0.2, 0.25) is 0 Å². The van der Waals surface area contributed by atoms with Crippen molar-refractivity contribution in [1.29, 1.82) is 0 Å². The smallest absolute Gasteiger partial charge is 0.278 e. The highest BCUT2D eigenvalue weighted by atomic mass is 32.2. The van der Waals surface area contributed by atoms with Gasteiger partial charge in [0, 0.05) is 11.0 Å². The Labute approximate surface area is 118 Å². The van der Waals surface area contributed by atoms with Gasteiger partial charge in [-0.05, 0) is 24.5 Å². The molecule has 0 aromatic carbocycles. The van der Waals surface area contributed by atoms with Crippen LogP contribution in [-0.2, 0) is 10.1 Å². The van der Waals surface area contributed by atoms with Crippen molar-refractivity contribution >= 4 is 10.1 Å². The normalized spacial score (nSPS) is 35.5. The van der Waals surface area contributed by atoms with Crippen molar-refractivity contribution < 1.29 is 18.1 Å². The lowest BCUT2D eigenvalue weighted by Gasteiger charge is -2.30. The number of aliphatic hydroxyl groups excluding tert-OH is 1. The maximum Gasteiger partial charge on any atom is 0.278 e. The van der Waals surface area contributed by atoms with Gasteiger partial charge in [0.15, 0.2) is 0 Å². The van der Waals surface area contributed by atoms with E-state index >= 15 is 0 Å². The van der Waals surface area contributed by atoms with Gasteiger partial charge in [0.05, 0.1) is 0 Å². The fraction of sp³-hybridized carbons (Fsp3) is 0.333. The van der Waals surface area contributed by atoms with Crippen molar-refractivity contribution in [3.63, 3.8) is 0 Å². The summed E-state index contributed by atoms with van der Waals surface area (Å²) in [5.74, 6) is 0.171. The molecular weight excluding hydrogens is 276 g/mol. The maximum absolute atomic E-state index is 11.8. The minimum absolute atomic E-state index is 0.171. The van der Waals surface area contributed by atoms with Gasteiger partial charge in [-0.15, -0.1) is 0 Å². The van der Waals surface area contributed by atoms with E-state index in [-0.39, 0.29) is 12.2 Å². The molecule has 20 heavy (non-hydrogen) atoms. The Morgan fingerprint density at radius 2 is 2.00 bits per heavy atom. The number of rotatable bonds is 1. The Kier molecular flexibility index (Phi) is 2.50. The second kappa shape index (κ2) is 3.74. The van der Waals surface area contributed by atoms with Gasteiger partial charge in [-0.2, -0.15) is 8.42 Å². The monoisotopic (exact) mass is 292 g/mol. The van der Waals surface area contributed by atoms with Gasteiger partial charge in [0.1, 0.15) is 10.5 Å². The lowest BCUT2D eigenvalue weighted by molar-refractivity contribution is 0.364. The molecule has 0 spiro atoms. The Morgan fingerprint density at radius 3 is 2.65 bits per heavy atom. The topological polar surface area (TPSA) is 74.6 Å². The van der Waals surface area contributed by atoms with Crippen molar-refractivity contribution in [3.05, 3.63) is 58.9 Å². The van der Waals surface area contributed by atoms with Gasteiger partial charge in [0.2, 0.25) is 0 Å². The predicted octanol–water partition coefficient (Wildman–Crippen LogP) is 2.85. The van der Waals surface area contributed by atoms with E-state index in [1.54, 1.807) is 24.3 Å². The van der Waals surface area contributed by atoms with Gasteiger partial charge < -0.3 is 5.11 Å². The minimum Gasteiger partial charge on any atom is -0.507 e. The lowest BCUT2D eigenvalue weighted by Crippen LogP contribution is -2.35. The Bertz CT molecular complexity index is 749. The van der Waals surface area contributed by atoms with Crippen LogP contribution in [0.5, 0.6) is 0 Å². The molecule has 106 valence electrons. The van der Waals surface area contributed by atoms with Crippen LogP contribution in [0.15, 0.2) is 58.9 Å². The molecular formula is C15H16O4S. The van der Waals surface area contributed by atoms with Crippen LogP contribution < -0.4 is 0 Å². The summed E-state index contributed by atoms with van der Waals surface area (Å²) < 4.78 is 31.8. The molecule has 0 aliphatic heterocycles. The van der Waals surface area contributed by atoms with E-state index < -0.39 is 20.3 Å². The highest BCUT2D eigenvalue weighted by molar-refractivity contribution is 7.87. The van der Waals surface area contributed by atoms with Gasteiger partial charge >= 0.3 is 0 Å². The highest BCUT2D eigenvalue weighted by Gasteiger charge is 2.54. The van der Waals surface area contributed by atoms with E-state index in [1.165, 1.54) is 6.08 Å². The number of hydrogen-bond acceptors (Lipinski definition) is 3. The molecule has 0 aromatic rings. The second-order valence-electron chi connectivity index (χ2n) is 5.84. The zero-order valence-electron chi connectivity index (χ0n) is 11.3. The van der Waals surface area contributed by atoms with Crippen LogP contribution in [0.25, 0.3) is 0 Å². The fourth-order valence-corrected chi connectivity index (χ4v) is 4.30. The first-order valence-electron chi connectivity index (χ1n) is 6.38. The molecule has 3 aliphatic carbocycles. The van der Waals surface area contributed by atoms with Crippen molar-refractivity contribution in [2.24, 2.45) is 5.41 Å². The minimum atomic E-state index is -4.27. The van der Waals surface area contributed by atoms with Crippen LogP contribution in [0.4, 0.5) is 0 Å². The fourth-order valence-electron chi connectivity index (χ4n) is 3.31. The van der Waals surface area contributed by atoms with Crippen molar-refractivity contribution in [3.8, 4) is 0 Å². The van der Waals surface area contributed by atoms with E-state index in [9.17, 15) is 18.1 Å². The first-order valence-corrected chi connectivity index (χ1v) is 7.82. The van der Waals surface area contributed by atoms with E-state index in [4.69, 9.17) is 0 Å². The third-order valence-electron chi connectivity index (χ3n) is 4.52. The van der Waals surface area contributed by atoms with Crippen molar-refractivity contribution in [1.82, 2.24) is 0 Å². The van der Waals surface area contributed by atoms with Gasteiger partial charge in [-0.3, -0.25) is 4.55 Å². The Hall–Kier alpha value is -1.59. The van der Waals surface area contributed by atoms with Crippen LogP contribution >= 0.6 is 0 Å². The molecule has 2 bridgehead atoms. The summed E-state index contributed by atoms with van der Waals surface area (Å²) in [7, 11) is -4.27. The van der Waals surface area contributed by atoms with Crippen LogP contribution in [0.3, 0.4) is 0 Å². The second-order valence-corrected chi connectivity index (χ2v) is 7.55. The largest absolute Gasteiger partial charge is 0.507 e. The quantitative estimate of drug-likeness (QED) is 0.729. The zero-order chi connectivity index (χ0) is 14.8. The standard InChI is InChI=1S/C15H16O4S/c1-10-5-6-11-8-15(20(17,18)19)7-3-4-12(13(10)16)14(11,2)9-15/h3-8,16H,9H2,1-2H3,(H,17,18,19). The molecule has 0 saturated carbocycles. The molecule has 3 aliphatic rings. The van der Waals surface area contributed by atoms with E-state index in [0.29, 0.717) is 5.57 Å². The van der Waals surface area contributed by atoms with Crippen LogP contribution in [-0.4, -0.2) is 22.8 Å². The molecule has 0 amide bonds. The first-order chi connectivity index (χ1) is 9.20. The van der Waals surface area contributed by atoms with Gasteiger partial charge in [-0.25, -0.2) is 0 Å². The summed E-state index contributed by atoms with van der Waals surface area (Å²) in [6, 6.07) is 0. The summed E-state index contributed by atoms with van der Waals surface area (Å²) in [5.41, 5.74) is 1.60. The Balaban J connectivity index is 2.33. The SMILES string of the molecule is CC1=C(O)C2=CC=CC3(S(=O)(=O)O)C=C(C=C1)C2(C)C3. The number of fused-ring (bicyclic) bond motifs is 1. The molecule has 3 rings (SSSR count). The van der Waals surface area contributed by atoms with Gasteiger partial charge in [-0.1, -0.05) is 43.4 Å². The highest BCUT2D eigenvalue weighted by Crippen LogP contribution is 2.56. The number of hydrogen-bond donors (Lipinski definition) is 2. The summed E-state index contributed by atoms with van der Waals surface area (Å²) >= 11 is 0. The summed E-state index contributed by atoms with van der Waals surface area (Å²) in [5, 5.41) is 10.4. The number of allylic oxidation sites excluding steroid dienone is 7.